The topological polar surface area (TPSA) is 96.7 Å². The summed E-state index contributed by atoms with van der Waals surface area (Å²) in [4.78, 5) is 14.3. The Morgan fingerprint density at radius 3 is 2.90 bits per heavy atom. The van der Waals surface area contributed by atoms with Gasteiger partial charge in [-0.3, -0.25) is 20.2 Å². The van der Waals surface area contributed by atoms with Gasteiger partial charge in [0.25, 0.3) is 0 Å². The quantitative estimate of drug-likeness (QED) is 0.479. The Bertz CT molecular complexity index is 614. The minimum atomic E-state index is -0.444. The van der Waals surface area contributed by atoms with Crippen molar-refractivity contribution in [2.75, 3.05) is 11.9 Å². The predicted octanol–water partition coefficient (Wildman–Crippen LogP) is 2.83. The summed E-state index contributed by atoms with van der Waals surface area (Å²) >= 11 is 3.27. The van der Waals surface area contributed by atoms with E-state index in [0.717, 1.165) is 24.1 Å². The minimum absolute atomic E-state index is 0.0288. The van der Waals surface area contributed by atoms with E-state index in [1.54, 1.807) is 6.20 Å². The first-order valence-corrected chi connectivity index (χ1v) is 6.89. The third-order valence-electron chi connectivity index (χ3n) is 2.94. The number of hydrogen-bond acceptors (Lipinski definition) is 5. The number of halogens is 1. The molecule has 0 aliphatic rings. The van der Waals surface area contributed by atoms with E-state index < -0.39 is 4.92 Å². The average Bonchev–Trinajstić information content (AvgIpc) is 2.81. The van der Waals surface area contributed by atoms with Crippen LogP contribution in [-0.4, -0.2) is 26.6 Å². The summed E-state index contributed by atoms with van der Waals surface area (Å²) in [7, 11) is 0. The van der Waals surface area contributed by atoms with Crippen LogP contribution in [0, 0.1) is 17.0 Å². The van der Waals surface area contributed by atoms with Gasteiger partial charge < -0.3 is 5.32 Å². The van der Waals surface area contributed by atoms with Gasteiger partial charge >= 0.3 is 5.69 Å². The summed E-state index contributed by atoms with van der Waals surface area (Å²) in [5.41, 5.74) is 2.66. The molecule has 2 rings (SSSR count). The number of pyridine rings is 1. The first kappa shape index (κ1) is 14.4. The van der Waals surface area contributed by atoms with Gasteiger partial charge in [-0.15, -0.1) is 0 Å². The molecule has 106 valence electrons. The Morgan fingerprint density at radius 1 is 1.45 bits per heavy atom. The fourth-order valence-corrected chi connectivity index (χ4v) is 2.32. The second-order valence-corrected chi connectivity index (χ2v) is 5.18. The van der Waals surface area contributed by atoms with E-state index in [1.165, 1.54) is 12.4 Å². The summed E-state index contributed by atoms with van der Waals surface area (Å²) in [6, 6.07) is 0. The molecule has 0 aromatic carbocycles. The number of nitrogens with one attached hydrogen (secondary N) is 2. The summed E-state index contributed by atoms with van der Waals surface area (Å²) in [5, 5.41) is 20.9. The Labute approximate surface area is 124 Å². The molecule has 0 spiro atoms. The van der Waals surface area contributed by atoms with Gasteiger partial charge in [0.1, 0.15) is 11.9 Å². The Kier molecular flexibility index (Phi) is 4.67. The Morgan fingerprint density at radius 2 is 2.25 bits per heavy atom. The summed E-state index contributed by atoms with van der Waals surface area (Å²) in [5.74, 6) is 0. The second-order valence-electron chi connectivity index (χ2n) is 4.32. The number of anilines is 1. The smallest absolute Gasteiger partial charge is 0.311 e. The van der Waals surface area contributed by atoms with Gasteiger partial charge in [-0.05, 0) is 41.3 Å². The van der Waals surface area contributed by atoms with E-state index in [1.807, 2.05) is 6.92 Å². The van der Waals surface area contributed by atoms with Crippen molar-refractivity contribution in [1.29, 1.82) is 0 Å². The van der Waals surface area contributed by atoms with E-state index in [9.17, 15) is 10.1 Å². The minimum Gasteiger partial charge on any atom is -0.378 e. The number of aryl methyl sites for hydroxylation is 2. The maximum absolute atomic E-state index is 10.9. The van der Waals surface area contributed by atoms with Gasteiger partial charge in [-0.2, -0.15) is 5.10 Å². The van der Waals surface area contributed by atoms with Crippen LogP contribution in [-0.2, 0) is 6.42 Å². The maximum Gasteiger partial charge on any atom is 0.311 e. The molecule has 2 heterocycles. The molecule has 0 saturated carbocycles. The van der Waals surface area contributed by atoms with Crippen molar-refractivity contribution in [2.24, 2.45) is 0 Å². The molecule has 0 saturated heterocycles. The zero-order valence-electron chi connectivity index (χ0n) is 10.9. The van der Waals surface area contributed by atoms with Crippen LogP contribution in [0.15, 0.2) is 23.1 Å². The van der Waals surface area contributed by atoms with Crippen molar-refractivity contribution in [2.45, 2.75) is 19.8 Å². The Balaban J connectivity index is 1.94. The summed E-state index contributed by atoms with van der Waals surface area (Å²) < 4.78 is 0.589. The van der Waals surface area contributed by atoms with Crippen LogP contribution in [0.25, 0.3) is 0 Å². The van der Waals surface area contributed by atoms with Gasteiger partial charge in [0.05, 0.1) is 15.6 Å². The summed E-state index contributed by atoms with van der Waals surface area (Å²) in [6.45, 7) is 2.61. The number of aromatic amines is 1. The van der Waals surface area contributed by atoms with Crippen LogP contribution in [0.1, 0.15) is 17.7 Å². The largest absolute Gasteiger partial charge is 0.378 e. The first-order chi connectivity index (χ1) is 9.59. The van der Waals surface area contributed by atoms with Crippen LogP contribution in [0.4, 0.5) is 11.4 Å². The number of nitro groups is 1. The number of H-pyrrole nitrogens is 1. The highest BCUT2D eigenvalue weighted by Crippen LogP contribution is 2.30. The van der Waals surface area contributed by atoms with Crippen molar-refractivity contribution >= 4 is 27.3 Å². The highest BCUT2D eigenvalue weighted by Gasteiger charge is 2.16. The number of hydrogen-bond donors (Lipinski definition) is 2. The molecule has 8 heteroatoms. The molecule has 20 heavy (non-hydrogen) atoms. The van der Waals surface area contributed by atoms with Gasteiger partial charge in [-0.25, -0.2) is 0 Å². The van der Waals surface area contributed by atoms with Gasteiger partial charge in [0.2, 0.25) is 0 Å². The molecule has 7 nitrogen and oxygen atoms in total. The third kappa shape index (κ3) is 3.32. The van der Waals surface area contributed by atoms with Gasteiger partial charge in [-0.1, -0.05) is 0 Å². The number of rotatable bonds is 6. The van der Waals surface area contributed by atoms with Gasteiger partial charge in [0, 0.05) is 18.4 Å². The van der Waals surface area contributed by atoms with Crippen LogP contribution in [0.5, 0.6) is 0 Å². The molecular weight excluding hydrogens is 326 g/mol. The van der Waals surface area contributed by atoms with E-state index >= 15 is 0 Å². The molecule has 2 N–H and O–H groups in total. The van der Waals surface area contributed by atoms with Crippen LogP contribution in [0.3, 0.4) is 0 Å². The molecule has 2 aromatic rings. The maximum atomic E-state index is 10.9. The van der Waals surface area contributed by atoms with Crippen molar-refractivity contribution in [3.8, 4) is 0 Å². The van der Waals surface area contributed by atoms with Crippen molar-refractivity contribution in [1.82, 2.24) is 15.2 Å². The normalized spacial score (nSPS) is 10.5. The predicted molar refractivity (Wildman–Crippen MR) is 78.7 cm³/mol. The Hall–Kier alpha value is -1.96. The van der Waals surface area contributed by atoms with Crippen molar-refractivity contribution in [3.05, 3.63) is 44.4 Å². The molecule has 0 unspecified atom stereocenters. The van der Waals surface area contributed by atoms with Crippen LogP contribution >= 0.6 is 15.9 Å². The fourth-order valence-electron chi connectivity index (χ4n) is 1.86. The lowest BCUT2D eigenvalue weighted by Crippen LogP contribution is -2.06. The van der Waals surface area contributed by atoms with E-state index in [-0.39, 0.29) is 5.69 Å². The zero-order valence-corrected chi connectivity index (χ0v) is 12.5. The lowest BCUT2D eigenvalue weighted by molar-refractivity contribution is -0.384. The molecule has 0 bridgehead atoms. The first-order valence-electron chi connectivity index (χ1n) is 6.10. The van der Waals surface area contributed by atoms with Crippen molar-refractivity contribution in [3.63, 3.8) is 0 Å². The highest BCUT2D eigenvalue weighted by molar-refractivity contribution is 9.10. The molecule has 0 aliphatic carbocycles. The van der Waals surface area contributed by atoms with Gasteiger partial charge in [0.15, 0.2) is 0 Å². The molecular formula is C12H14BrN5O2. The molecule has 0 atom stereocenters. The monoisotopic (exact) mass is 339 g/mol. The van der Waals surface area contributed by atoms with Crippen LogP contribution < -0.4 is 5.32 Å². The lowest BCUT2D eigenvalue weighted by Gasteiger charge is -2.08. The van der Waals surface area contributed by atoms with E-state index in [0.29, 0.717) is 16.7 Å². The fraction of sp³-hybridized carbons (Fsp3) is 0.333. The standard InChI is InChI=1S/C12H14BrN5O2/c1-8-9(5-16-17-8)3-2-4-15-12-10(13)6-14-7-11(12)18(19)20/h5-7H,2-4H2,1H3,(H,14,15)(H,16,17). The molecule has 0 radical (unpaired) electrons. The highest BCUT2D eigenvalue weighted by atomic mass is 79.9. The van der Waals surface area contributed by atoms with E-state index in [2.05, 4.69) is 36.4 Å². The molecule has 2 aromatic heterocycles. The lowest BCUT2D eigenvalue weighted by atomic mass is 10.1. The second kappa shape index (κ2) is 6.47. The number of nitrogens with zero attached hydrogens (tertiary/aromatic N) is 3. The average molecular weight is 340 g/mol. The molecule has 0 fully saturated rings. The molecule has 0 amide bonds. The van der Waals surface area contributed by atoms with E-state index in [4.69, 9.17) is 0 Å². The third-order valence-corrected chi connectivity index (χ3v) is 3.54. The summed E-state index contributed by atoms with van der Waals surface area (Å²) in [6.07, 6.45) is 6.31. The van der Waals surface area contributed by atoms with Crippen molar-refractivity contribution < 1.29 is 4.92 Å². The molecule has 0 aliphatic heterocycles. The van der Waals surface area contributed by atoms with Crippen LogP contribution in [0.2, 0.25) is 0 Å². The number of aromatic nitrogens is 3. The SMILES string of the molecule is Cc1[nH]ncc1CCCNc1c(Br)cncc1[N+](=O)[O-]. The zero-order chi connectivity index (χ0) is 14.5.